The fourth-order valence-corrected chi connectivity index (χ4v) is 2.61. The van der Waals surface area contributed by atoms with Gasteiger partial charge in [-0.1, -0.05) is 37.3 Å². The minimum Gasteiger partial charge on any atom is -0.355 e. The van der Waals surface area contributed by atoms with Crippen LogP contribution in [0.3, 0.4) is 0 Å². The molecule has 1 aliphatic heterocycles. The van der Waals surface area contributed by atoms with Crippen LogP contribution in [-0.4, -0.2) is 25.5 Å². The van der Waals surface area contributed by atoms with E-state index in [0.717, 1.165) is 25.9 Å². The van der Waals surface area contributed by atoms with E-state index in [0.29, 0.717) is 12.5 Å². The normalized spacial score (nSPS) is 23.5. The predicted octanol–water partition coefficient (Wildman–Crippen LogP) is 2.72. The smallest absolute Gasteiger partial charge is 0.227 e. The molecule has 0 aliphatic carbocycles. The summed E-state index contributed by atoms with van der Waals surface area (Å²) in [4.78, 5) is 12.3. The highest BCUT2D eigenvalue weighted by Crippen LogP contribution is 2.25. The Kier molecular flexibility index (Phi) is 6.50. The second-order valence-electron chi connectivity index (χ2n) is 5.86. The van der Waals surface area contributed by atoms with Crippen molar-refractivity contribution in [3.05, 3.63) is 35.9 Å². The summed E-state index contributed by atoms with van der Waals surface area (Å²) in [7, 11) is 0. The zero-order valence-electron chi connectivity index (χ0n) is 12.3. The van der Waals surface area contributed by atoms with Crippen LogP contribution in [0.25, 0.3) is 0 Å². The van der Waals surface area contributed by atoms with E-state index in [-0.39, 0.29) is 23.7 Å². The number of rotatable bonds is 4. The molecule has 2 unspecified atom stereocenters. The number of nitrogens with one attached hydrogen (secondary N) is 2. The number of halogens is 1. The molecular weight excluding hydrogens is 272 g/mol. The molecule has 1 aromatic rings. The predicted molar refractivity (Wildman–Crippen MR) is 85.3 cm³/mol. The van der Waals surface area contributed by atoms with Crippen LogP contribution in [0.2, 0.25) is 0 Å². The van der Waals surface area contributed by atoms with Crippen molar-refractivity contribution in [3.8, 4) is 0 Å². The van der Waals surface area contributed by atoms with Gasteiger partial charge in [-0.05, 0) is 37.8 Å². The van der Waals surface area contributed by atoms with E-state index >= 15 is 0 Å². The lowest BCUT2D eigenvalue weighted by Crippen LogP contribution is -2.49. The Morgan fingerprint density at radius 2 is 2.10 bits per heavy atom. The van der Waals surface area contributed by atoms with E-state index in [2.05, 4.69) is 36.6 Å². The molecular formula is C16H25ClN2O. The largest absolute Gasteiger partial charge is 0.355 e. The highest BCUT2D eigenvalue weighted by molar-refractivity contribution is 5.85. The molecule has 0 spiro atoms. The SMILES string of the molecule is CC(CNC(=O)C1(C)CCCNC1)c1ccccc1.Cl. The first kappa shape index (κ1) is 17.0. The Balaban J connectivity index is 0.00000200. The monoisotopic (exact) mass is 296 g/mol. The lowest BCUT2D eigenvalue weighted by Gasteiger charge is -2.33. The van der Waals surface area contributed by atoms with E-state index in [1.807, 2.05) is 18.2 Å². The molecule has 2 rings (SSSR count). The molecule has 4 heteroatoms. The topological polar surface area (TPSA) is 41.1 Å². The van der Waals surface area contributed by atoms with Gasteiger partial charge in [-0.2, -0.15) is 0 Å². The fraction of sp³-hybridized carbons (Fsp3) is 0.562. The van der Waals surface area contributed by atoms with Gasteiger partial charge in [0.05, 0.1) is 5.41 Å². The van der Waals surface area contributed by atoms with Gasteiger partial charge in [-0.25, -0.2) is 0 Å². The quantitative estimate of drug-likeness (QED) is 0.897. The number of piperidine rings is 1. The summed E-state index contributed by atoms with van der Waals surface area (Å²) in [6.45, 7) is 6.74. The van der Waals surface area contributed by atoms with Crippen LogP contribution >= 0.6 is 12.4 Å². The zero-order valence-corrected chi connectivity index (χ0v) is 13.1. The summed E-state index contributed by atoms with van der Waals surface area (Å²) in [5.74, 6) is 0.535. The van der Waals surface area contributed by atoms with Gasteiger partial charge in [0, 0.05) is 13.1 Å². The maximum Gasteiger partial charge on any atom is 0.227 e. The van der Waals surface area contributed by atoms with E-state index < -0.39 is 0 Å². The standard InChI is InChI=1S/C16H24N2O.ClH/c1-13(14-7-4-3-5-8-14)11-18-15(19)16(2)9-6-10-17-12-16;/h3-5,7-8,13,17H,6,9-12H2,1-2H3,(H,18,19);1H. The summed E-state index contributed by atoms with van der Waals surface area (Å²) < 4.78 is 0. The molecule has 20 heavy (non-hydrogen) atoms. The second kappa shape index (κ2) is 7.65. The summed E-state index contributed by atoms with van der Waals surface area (Å²) in [5.41, 5.74) is 1.03. The van der Waals surface area contributed by atoms with Crippen molar-refractivity contribution in [1.82, 2.24) is 10.6 Å². The molecule has 0 radical (unpaired) electrons. The number of carbonyl (C=O) groups excluding carboxylic acids is 1. The fourth-order valence-electron chi connectivity index (χ4n) is 2.61. The highest BCUT2D eigenvalue weighted by Gasteiger charge is 2.34. The second-order valence-corrected chi connectivity index (χ2v) is 5.86. The minimum atomic E-state index is -0.241. The average molecular weight is 297 g/mol. The molecule has 1 amide bonds. The van der Waals surface area contributed by atoms with Crippen molar-refractivity contribution in [2.45, 2.75) is 32.6 Å². The van der Waals surface area contributed by atoms with Gasteiger partial charge in [0.2, 0.25) is 5.91 Å². The molecule has 112 valence electrons. The van der Waals surface area contributed by atoms with E-state index in [1.165, 1.54) is 5.56 Å². The van der Waals surface area contributed by atoms with Gasteiger partial charge in [0.1, 0.15) is 0 Å². The maximum atomic E-state index is 12.3. The molecule has 1 aromatic carbocycles. The van der Waals surface area contributed by atoms with Crippen LogP contribution in [0, 0.1) is 5.41 Å². The molecule has 2 atom stereocenters. The molecule has 0 saturated carbocycles. The Morgan fingerprint density at radius 1 is 1.40 bits per heavy atom. The van der Waals surface area contributed by atoms with Gasteiger partial charge >= 0.3 is 0 Å². The molecule has 1 saturated heterocycles. The summed E-state index contributed by atoms with van der Waals surface area (Å²) in [6, 6.07) is 10.3. The Bertz CT molecular complexity index is 416. The third kappa shape index (κ3) is 4.22. The minimum absolute atomic E-state index is 0. The first-order chi connectivity index (χ1) is 9.12. The summed E-state index contributed by atoms with van der Waals surface area (Å²) in [6.07, 6.45) is 2.06. The van der Waals surface area contributed by atoms with Crippen molar-refractivity contribution < 1.29 is 4.79 Å². The highest BCUT2D eigenvalue weighted by atomic mass is 35.5. The zero-order chi connectivity index (χ0) is 13.7. The first-order valence-corrected chi connectivity index (χ1v) is 7.16. The molecule has 0 aromatic heterocycles. The van der Waals surface area contributed by atoms with Gasteiger partial charge in [0.15, 0.2) is 0 Å². The molecule has 0 bridgehead atoms. The van der Waals surface area contributed by atoms with Crippen LogP contribution in [0.15, 0.2) is 30.3 Å². The number of carbonyl (C=O) groups is 1. The molecule has 1 heterocycles. The lowest BCUT2D eigenvalue weighted by molar-refractivity contribution is -0.131. The van der Waals surface area contributed by atoms with Gasteiger partial charge in [-0.3, -0.25) is 4.79 Å². The third-order valence-electron chi connectivity index (χ3n) is 4.08. The Hall–Kier alpha value is -1.06. The van der Waals surface area contributed by atoms with Gasteiger partial charge in [0.25, 0.3) is 0 Å². The third-order valence-corrected chi connectivity index (χ3v) is 4.08. The first-order valence-electron chi connectivity index (χ1n) is 7.16. The van der Waals surface area contributed by atoms with Gasteiger partial charge in [-0.15, -0.1) is 12.4 Å². The molecule has 1 fully saturated rings. The number of benzene rings is 1. The van der Waals surface area contributed by atoms with Crippen molar-refractivity contribution in [1.29, 1.82) is 0 Å². The van der Waals surface area contributed by atoms with Crippen molar-refractivity contribution in [2.75, 3.05) is 19.6 Å². The van der Waals surface area contributed by atoms with Crippen LogP contribution in [-0.2, 0) is 4.79 Å². The van der Waals surface area contributed by atoms with Crippen LogP contribution in [0.1, 0.15) is 38.2 Å². The van der Waals surface area contributed by atoms with Crippen LogP contribution in [0.5, 0.6) is 0 Å². The number of hydrogen-bond donors (Lipinski definition) is 2. The molecule has 1 aliphatic rings. The lowest BCUT2D eigenvalue weighted by atomic mass is 9.82. The average Bonchev–Trinajstić information content (AvgIpc) is 2.46. The van der Waals surface area contributed by atoms with Crippen molar-refractivity contribution in [2.24, 2.45) is 5.41 Å². The molecule has 2 N–H and O–H groups in total. The Labute approximate surface area is 127 Å². The van der Waals surface area contributed by atoms with E-state index in [1.54, 1.807) is 0 Å². The van der Waals surface area contributed by atoms with E-state index in [4.69, 9.17) is 0 Å². The van der Waals surface area contributed by atoms with Crippen LogP contribution in [0.4, 0.5) is 0 Å². The van der Waals surface area contributed by atoms with Crippen LogP contribution < -0.4 is 10.6 Å². The Morgan fingerprint density at radius 3 is 2.70 bits per heavy atom. The van der Waals surface area contributed by atoms with Gasteiger partial charge < -0.3 is 10.6 Å². The molecule has 3 nitrogen and oxygen atoms in total. The summed E-state index contributed by atoms with van der Waals surface area (Å²) in [5, 5.41) is 6.43. The van der Waals surface area contributed by atoms with Crippen molar-refractivity contribution >= 4 is 18.3 Å². The van der Waals surface area contributed by atoms with Crippen molar-refractivity contribution in [3.63, 3.8) is 0 Å². The summed E-state index contributed by atoms with van der Waals surface area (Å²) >= 11 is 0. The van der Waals surface area contributed by atoms with E-state index in [9.17, 15) is 4.79 Å². The number of amides is 1. The maximum absolute atomic E-state index is 12.3. The number of hydrogen-bond acceptors (Lipinski definition) is 2.